The van der Waals surface area contributed by atoms with Gasteiger partial charge in [0.2, 0.25) is 11.8 Å². The van der Waals surface area contributed by atoms with Gasteiger partial charge in [0.1, 0.15) is 5.82 Å². The highest BCUT2D eigenvalue weighted by Crippen LogP contribution is 2.39. The summed E-state index contributed by atoms with van der Waals surface area (Å²) >= 11 is 6.01. The summed E-state index contributed by atoms with van der Waals surface area (Å²) in [6.07, 6.45) is 1.16. The number of amides is 2. The van der Waals surface area contributed by atoms with Crippen LogP contribution in [0, 0.1) is 17.7 Å². The second kappa shape index (κ2) is 7.66. The van der Waals surface area contributed by atoms with Gasteiger partial charge in [-0.1, -0.05) is 35.9 Å². The van der Waals surface area contributed by atoms with Gasteiger partial charge in [0.05, 0.1) is 22.5 Å². The maximum Gasteiger partial charge on any atom is 0.228 e. The molecule has 4 nitrogen and oxygen atoms in total. The van der Waals surface area contributed by atoms with Crippen LogP contribution in [0.2, 0.25) is 5.02 Å². The zero-order valence-corrected chi connectivity index (χ0v) is 14.2. The molecular weight excluding hydrogens is 343 g/mol. The van der Waals surface area contributed by atoms with E-state index in [0.717, 1.165) is 5.56 Å². The summed E-state index contributed by atoms with van der Waals surface area (Å²) in [4.78, 5) is 24.3. The first-order chi connectivity index (χ1) is 12.0. The third-order valence-electron chi connectivity index (χ3n) is 4.22. The molecule has 0 radical (unpaired) electrons. The summed E-state index contributed by atoms with van der Waals surface area (Å²) in [6.45, 7) is 0.458. The molecule has 1 aliphatic carbocycles. The Balaban J connectivity index is 1.43. The molecule has 1 fully saturated rings. The smallest absolute Gasteiger partial charge is 0.228 e. The maximum atomic E-state index is 12.8. The number of nitrogens with one attached hydrogen (secondary N) is 2. The number of para-hydroxylation sites is 1. The van der Waals surface area contributed by atoms with Gasteiger partial charge in [-0.05, 0) is 42.7 Å². The Morgan fingerprint density at radius 2 is 1.72 bits per heavy atom. The molecule has 2 unspecified atom stereocenters. The fourth-order valence-electron chi connectivity index (χ4n) is 2.67. The van der Waals surface area contributed by atoms with Crippen molar-refractivity contribution in [3.8, 4) is 0 Å². The molecule has 0 aromatic heterocycles. The van der Waals surface area contributed by atoms with Crippen molar-refractivity contribution >= 4 is 29.1 Å². The van der Waals surface area contributed by atoms with Crippen molar-refractivity contribution in [3.05, 3.63) is 64.9 Å². The Morgan fingerprint density at radius 1 is 1.04 bits per heavy atom. The number of rotatable bonds is 6. The average Bonchev–Trinajstić information content (AvgIpc) is 3.39. The molecule has 2 atom stereocenters. The number of hydrogen-bond acceptors (Lipinski definition) is 2. The van der Waals surface area contributed by atoms with Gasteiger partial charge in [0.25, 0.3) is 0 Å². The Morgan fingerprint density at radius 3 is 2.44 bits per heavy atom. The van der Waals surface area contributed by atoms with E-state index in [4.69, 9.17) is 11.6 Å². The van der Waals surface area contributed by atoms with Crippen molar-refractivity contribution in [2.24, 2.45) is 11.8 Å². The Labute approximate surface area is 150 Å². The Bertz CT molecular complexity index is 779. The van der Waals surface area contributed by atoms with E-state index in [1.165, 1.54) is 12.1 Å². The topological polar surface area (TPSA) is 58.2 Å². The van der Waals surface area contributed by atoms with Gasteiger partial charge in [-0.15, -0.1) is 0 Å². The highest BCUT2D eigenvalue weighted by molar-refractivity contribution is 6.33. The van der Waals surface area contributed by atoms with Crippen LogP contribution in [0.1, 0.15) is 12.0 Å². The van der Waals surface area contributed by atoms with Crippen LogP contribution in [-0.2, 0) is 16.0 Å². The summed E-state index contributed by atoms with van der Waals surface area (Å²) in [5, 5.41) is 6.06. The Hall–Kier alpha value is -2.40. The predicted molar refractivity (Wildman–Crippen MR) is 94.8 cm³/mol. The summed E-state index contributed by atoms with van der Waals surface area (Å²) in [7, 11) is 0. The van der Waals surface area contributed by atoms with E-state index in [0.29, 0.717) is 30.1 Å². The normalized spacial score (nSPS) is 18.5. The van der Waals surface area contributed by atoms with E-state index >= 15 is 0 Å². The Kier molecular flexibility index (Phi) is 5.34. The lowest BCUT2D eigenvalue weighted by molar-refractivity contribution is -0.125. The molecule has 2 aromatic rings. The lowest BCUT2D eigenvalue weighted by Crippen LogP contribution is -2.29. The molecule has 2 amide bonds. The van der Waals surface area contributed by atoms with E-state index < -0.39 is 0 Å². The SMILES string of the molecule is O=C(NCCc1ccc(F)cc1)C1CC1C(=O)Nc1ccccc1Cl. The largest absolute Gasteiger partial charge is 0.356 e. The summed E-state index contributed by atoms with van der Waals surface area (Å²) in [5.41, 5.74) is 1.50. The van der Waals surface area contributed by atoms with Gasteiger partial charge >= 0.3 is 0 Å². The van der Waals surface area contributed by atoms with Crippen LogP contribution in [0.15, 0.2) is 48.5 Å². The van der Waals surface area contributed by atoms with Crippen LogP contribution in [-0.4, -0.2) is 18.4 Å². The van der Waals surface area contributed by atoms with Gasteiger partial charge in [-0.3, -0.25) is 9.59 Å². The van der Waals surface area contributed by atoms with E-state index in [-0.39, 0.29) is 29.5 Å². The molecule has 1 saturated carbocycles. The van der Waals surface area contributed by atoms with Crippen LogP contribution in [0.3, 0.4) is 0 Å². The summed E-state index contributed by atoms with van der Waals surface area (Å²) in [5.74, 6) is -1.20. The van der Waals surface area contributed by atoms with E-state index in [9.17, 15) is 14.0 Å². The molecule has 0 spiro atoms. The second-order valence-electron chi connectivity index (χ2n) is 6.09. The summed E-state index contributed by atoms with van der Waals surface area (Å²) in [6, 6.07) is 13.2. The van der Waals surface area contributed by atoms with E-state index in [1.807, 2.05) is 0 Å². The molecular formula is C19H18ClFN2O2. The van der Waals surface area contributed by atoms with Crippen LogP contribution in [0.5, 0.6) is 0 Å². The van der Waals surface area contributed by atoms with Gasteiger partial charge in [0.15, 0.2) is 0 Å². The highest BCUT2D eigenvalue weighted by Gasteiger charge is 2.47. The molecule has 1 aliphatic rings. The fourth-order valence-corrected chi connectivity index (χ4v) is 2.86. The molecule has 25 heavy (non-hydrogen) atoms. The lowest BCUT2D eigenvalue weighted by atomic mass is 10.1. The third-order valence-corrected chi connectivity index (χ3v) is 4.55. The highest BCUT2D eigenvalue weighted by atomic mass is 35.5. The van der Waals surface area contributed by atoms with Gasteiger partial charge in [-0.25, -0.2) is 4.39 Å². The summed E-state index contributed by atoms with van der Waals surface area (Å²) < 4.78 is 12.8. The van der Waals surface area contributed by atoms with E-state index in [2.05, 4.69) is 10.6 Å². The van der Waals surface area contributed by atoms with Crippen LogP contribution in [0.4, 0.5) is 10.1 Å². The van der Waals surface area contributed by atoms with Gasteiger partial charge < -0.3 is 10.6 Å². The number of hydrogen-bond donors (Lipinski definition) is 2. The molecule has 2 N–H and O–H groups in total. The predicted octanol–water partition coefficient (Wildman–Crippen LogP) is 3.41. The number of carbonyl (C=O) groups excluding carboxylic acids is 2. The number of anilines is 1. The number of benzene rings is 2. The first-order valence-electron chi connectivity index (χ1n) is 8.12. The molecule has 6 heteroatoms. The molecule has 0 bridgehead atoms. The molecule has 3 rings (SSSR count). The quantitative estimate of drug-likeness (QED) is 0.829. The molecule has 2 aromatic carbocycles. The molecule has 130 valence electrons. The standard InChI is InChI=1S/C19H18ClFN2O2/c20-16-3-1-2-4-17(16)23-19(25)15-11-14(15)18(24)22-10-9-12-5-7-13(21)8-6-12/h1-8,14-15H,9-11H2,(H,22,24)(H,23,25). The fraction of sp³-hybridized carbons (Fsp3) is 0.263. The van der Waals surface area contributed by atoms with Crippen molar-refractivity contribution < 1.29 is 14.0 Å². The van der Waals surface area contributed by atoms with Crippen molar-refractivity contribution in [2.45, 2.75) is 12.8 Å². The number of carbonyl (C=O) groups is 2. The van der Waals surface area contributed by atoms with Gasteiger partial charge in [-0.2, -0.15) is 0 Å². The van der Waals surface area contributed by atoms with Crippen molar-refractivity contribution in [1.29, 1.82) is 0 Å². The first kappa shape index (κ1) is 17.4. The van der Waals surface area contributed by atoms with Crippen molar-refractivity contribution in [1.82, 2.24) is 5.32 Å². The molecule has 0 heterocycles. The third kappa shape index (κ3) is 4.57. The lowest BCUT2D eigenvalue weighted by Gasteiger charge is -2.07. The van der Waals surface area contributed by atoms with E-state index in [1.54, 1.807) is 36.4 Å². The van der Waals surface area contributed by atoms with Crippen LogP contribution < -0.4 is 10.6 Å². The maximum absolute atomic E-state index is 12.8. The first-order valence-corrected chi connectivity index (χ1v) is 8.50. The molecule has 0 aliphatic heterocycles. The average molecular weight is 361 g/mol. The zero-order valence-electron chi connectivity index (χ0n) is 13.5. The van der Waals surface area contributed by atoms with Crippen LogP contribution in [0.25, 0.3) is 0 Å². The van der Waals surface area contributed by atoms with Crippen molar-refractivity contribution in [2.75, 3.05) is 11.9 Å². The number of halogens is 2. The minimum absolute atomic E-state index is 0.124. The van der Waals surface area contributed by atoms with Gasteiger partial charge in [0, 0.05) is 6.54 Å². The minimum Gasteiger partial charge on any atom is -0.356 e. The zero-order chi connectivity index (χ0) is 17.8. The van der Waals surface area contributed by atoms with Crippen molar-refractivity contribution in [3.63, 3.8) is 0 Å². The second-order valence-corrected chi connectivity index (χ2v) is 6.49. The minimum atomic E-state index is -0.318. The monoisotopic (exact) mass is 360 g/mol. The molecule has 0 saturated heterocycles. The van der Waals surface area contributed by atoms with Crippen LogP contribution >= 0.6 is 11.6 Å².